The summed E-state index contributed by atoms with van der Waals surface area (Å²) in [6, 6.07) is 0. The molecule has 1 aromatic heterocycles. The average molecular weight is 254 g/mol. The van der Waals surface area contributed by atoms with Crippen LogP contribution in [0.15, 0.2) is 0 Å². The van der Waals surface area contributed by atoms with Gasteiger partial charge in [-0.1, -0.05) is 5.21 Å². The van der Waals surface area contributed by atoms with Crippen molar-refractivity contribution in [1.82, 2.24) is 20.3 Å². The van der Waals surface area contributed by atoms with Gasteiger partial charge in [0.25, 0.3) is 0 Å². The summed E-state index contributed by atoms with van der Waals surface area (Å²) in [6.07, 6.45) is 3.39. The molecular formula is C12H22N4O2. The van der Waals surface area contributed by atoms with E-state index in [1.54, 1.807) is 7.11 Å². The summed E-state index contributed by atoms with van der Waals surface area (Å²) in [7, 11) is 3.63. The van der Waals surface area contributed by atoms with Crippen molar-refractivity contribution < 1.29 is 9.47 Å². The lowest BCUT2D eigenvalue weighted by Crippen LogP contribution is -2.19. The highest BCUT2D eigenvalue weighted by atomic mass is 16.5. The van der Waals surface area contributed by atoms with Crippen LogP contribution in [0.2, 0.25) is 0 Å². The minimum atomic E-state index is 0.287. The van der Waals surface area contributed by atoms with Gasteiger partial charge in [-0.2, -0.15) is 0 Å². The molecule has 6 nitrogen and oxygen atoms in total. The molecule has 18 heavy (non-hydrogen) atoms. The van der Waals surface area contributed by atoms with E-state index >= 15 is 0 Å². The van der Waals surface area contributed by atoms with Gasteiger partial charge in [-0.25, -0.2) is 4.68 Å². The maximum Gasteiger partial charge on any atom is 0.0997 e. The fourth-order valence-corrected chi connectivity index (χ4v) is 2.27. The minimum Gasteiger partial charge on any atom is -0.384 e. The molecule has 0 bridgehead atoms. The molecule has 1 saturated heterocycles. The summed E-state index contributed by atoms with van der Waals surface area (Å²) < 4.78 is 12.8. The van der Waals surface area contributed by atoms with E-state index in [0.29, 0.717) is 6.61 Å². The van der Waals surface area contributed by atoms with E-state index in [9.17, 15) is 0 Å². The Morgan fingerprint density at radius 2 is 2.44 bits per heavy atom. The summed E-state index contributed by atoms with van der Waals surface area (Å²) in [6.45, 7) is 3.10. The molecule has 1 atom stereocenters. The third kappa shape index (κ3) is 3.28. The third-order valence-corrected chi connectivity index (χ3v) is 3.21. The largest absolute Gasteiger partial charge is 0.384 e. The maximum atomic E-state index is 5.65. The normalized spacial score (nSPS) is 19.6. The molecular weight excluding hydrogens is 232 g/mol. The van der Waals surface area contributed by atoms with Gasteiger partial charge in [-0.3, -0.25) is 0 Å². The van der Waals surface area contributed by atoms with Crippen LogP contribution in [0.25, 0.3) is 0 Å². The van der Waals surface area contributed by atoms with E-state index in [1.807, 2.05) is 11.7 Å². The van der Waals surface area contributed by atoms with Crippen molar-refractivity contribution in [3.8, 4) is 0 Å². The van der Waals surface area contributed by atoms with Gasteiger partial charge in [-0.15, -0.1) is 5.10 Å². The van der Waals surface area contributed by atoms with E-state index in [2.05, 4.69) is 15.6 Å². The second kappa shape index (κ2) is 6.82. The van der Waals surface area contributed by atoms with Crippen LogP contribution in [0.1, 0.15) is 24.2 Å². The number of hydrogen-bond donors (Lipinski definition) is 1. The predicted octanol–water partition coefficient (Wildman–Crippen LogP) is 0.365. The number of aromatic nitrogens is 3. The highest BCUT2D eigenvalue weighted by molar-refractivity contribution is 5.10. The summed E-state index contributed by atoms with van der Waals surface area (Å²) in [4.78, 5) is 0. The Morgan fingerprint density at radius 3 is 3.11 bits per heavy atom. The van der Waals surface area contributed by atoms with Gasteiger partial charge in [0.05, 0.1) is 30.6 Å². The topological polar surface area (TPSA) is 61.2 Å². The van der Waals surface area contributed by atoms with Crippen LogP contribution in [0.5, 0.6) is 0 Å². The second-order valence-electron chi connectivity index (χ2n) is 4.57. The lowest BCUT2D eigenvalue weighted by Gasteiger charge is -2.12. The molecule has 1 aliphatic rings. The van der Waals surface area contributed by atoms with E-state index in [4.69, 9.17) is 9.47 Å². The Hall–Kier alpha value is -0.980. The number of hydrogen-bond acceptors (Lipinski definition) is 5. The highest BCUT2D eigenvalue weighted by Crippen LogP contribution is 2.16. The summed E-state index contributed by atoms with van der Waals surface area (Å²) in [5, 5.41) is 11.6. The summed E-state index contributed by atoms with van der Waals surface area (Å²) in [5.41, 5.74) is 2.16. The second-order valence-corrected chi connectivity index (χ2v) is 4.57. The Morgan fingerprint density at radius 1 is 1.56 bits per heavy atom. The molecule has 1 fully saturated rings. The molecule has 0 spiro atoms. The van der Waals surface area contributed by atoms with Crippen LogP contribution in [0.3, 0.4) is 0 Å². The van der Waals surface area contributed by atoms with Crippen LogP contribution in [-0.2, 0) is 29.0 Å². The fraction of sp³-hybridized carbons (Fsp3) is 0.833. The van der Waals surface area contributed by atoms with E-state index in [-0.39, 0.29) is 6.10 Å². The molecule has 0 saturated carbocycles. The van der Waals surface area contributed by atoms with Gasteiger partial charge in [0.2, 0.25) is 0 Å². The van der Waals surface area contributed by atoms with Crippen LogP contribution in [-0.4, -0.2) is 48.5 Å². The molecule has 1 unspecified atom stereocenters. The zero-order chi connectivity index (χ0) is 12.8. The average Bonchev–Trinajstić information content (AvgIpc) is 2.99. The molecule has 0 aliphatic carbocycles. The smallest absolute Gasteiger partial charge is 0.0997 e. The highest BCUT2D eigenvalue weighted by Gasteiger charge is 2.19. The Balaban J connectivity index is 2.06. The quantitative estimate of drug-likeness (QED) is 0.761. The maximum absolute atomic E-state index is 5.65. The SMILES string of the molecule is CNCc1nnn(CC2CCCO2)c1CCOC. The minimum absolute atomic E-state index is 0.287. The molecule has 0 aromatic carbocycles. The molecule has 2 heterocycles. The Bertz CT molecular complexity index is 361. The molecule has 6 heteroatoms. The molecule has 0 amide bonds. The zero-order valence-corrected chi connectivity index (χ0v) is 11.2. The number of nitrogens with one attached hydrogen (secondary N) is 1. The van der Waals surface area contributed by atoms with Crippen molar-refractivity contribution in [2.45, 2.75) is 38.5 Å². The first kappa shape index (κ1) is 13.5. The number of nitrogens with zero attached hydrogens (tertiary/aromatic N) is 3. The Kier molecular flexibility index (Phi) is 5.10. The fourth-order valence-electron chi connectivity index (χ4n) is 2.27. The number of rotatable bonds is 7. The van der Waals surface area contributed by atoms with Crippen molar-refractivity contribution in [1.29, 1.82) is 0 Å². The van der Waals surface area contributed by atoms with Crippen molar-refractivity contribution in [3.63, 3.8) is 0 Å². The first-order valence-corrected chi connectivity index (χ1v) is 6.51. The zero-order valence-electron chi connectivity index (χ0n) is 11.2. The van der Waals surface area contributed by atoms with Crippen LogP contribution >= 0.6 is 0 Å². The van der Waals surface area contributed by atoms with Crippen LogP contribution in [0, 0.1) is 0 Å². The van der Waals surface area contributed by atoms with Gasteiger partial charge >= 0.3 is 0 Å². The summed E-state index contributed by atoms with van der Waals surface area (Å²) >= 11 is 0. The van der Waals surface area contributed by atoms with Gasteiger partial charge < -0.3 is 14.8 Å². The lowest BCUT2D eigenvalue weighted by atomic mass is 10.2. The first-order chi connectivity index (χ1) is 8.85. The van der Waals surface area contributed by atoms with E-state index in [1.165, 1.54) is 0 Å². The standard InChI is InChI=1S/C12H22N4O2/c1-13-8-11-12(5-7-17-2)16(15-14-11)9-10-4-3-6-18-10/h10,13H,3-9H2,1-2H3. The predicted molar refractivity (Wildman–Crippen MR) is 67.3 cm³/mol. The molecule has 1 aromatic rings. The van der Waals surface area contributed by atoms with Crippen molar-refractivity contribution in [3.05, 3.63) is 11.4 Å². The Labute approximate surface area is 108 Å². The van der Waals surface area contributed by atoms with Gasteiger partial charge in [-0.05, 0) is 19.9 Å². The van der Waals surface area contributed by atoms with Gasteiger partial charge in [0.15, 0.2) is 0 Å². The van der Waals surface area contributed by atoms with Crippen molar-refractivity contribution >= 4 is 0 Å². The monoisotopic (exact) mass is 254 g/mol. The van der Waals surface area contributed by atoms with Crippen LogP contribution < -0.4 is 5.32 Å². The van der Waals surface area contributed by atoms with Gasteiger partial charge in [0, 0.05) is 26.7 Å². The third-order valence-electron chi connectivity index (χ3n) is 3.21. The first-order valence-electron chi connectivity index (χ1n) is 6.51. The molecule has 1 aliphatic heterocycles. The molecule has 102 valence electrons. The van der Waals surface area contributed by atoms with E-state index in [0.717, 1.165) is 50.3 Å². The van der Waals surface area contributed by atoms with E-state index < -0.39 is 0 Å². The summed E-state index contributed by atoms with van der Waals surface area (Å²) in [5.74, 6) is 0. The lowest BCUT2D eigenvalue weighted by molar-refractivity contribution is 0.0922. The van der Waals surface area contributed by atoms with Crippen molar-refractivity contribution in [2.24, 2.45) is 0 Å². The number of ether oxygens (including phenoxy) is 2. The molecule has 0 radical (unpaired) electrons. The van der Waals surface area contributed by atoms with Gasteiger partial charge in [0.1, 0.15) is 0 Å². The molecule has 2 rings (SSSR count). The number of methoxy groups -OCH3 is 1. The molecule has 1 N–H and O–H groups in total. The van der Waals surface area contributed by atoms with Crippen LogP contribution in [0.4, 0.5) is 0 Å². The van der Waals surface area contributed by atoms with Crippen molar-refractivity contribution in [2.75, 3.05) is 27.4 Å².